The van der Waals surface area contributed by atoms with Crippen molar-refractivity contribution in [1.29, 1.82) is 0 Å². The largest absolute Gasteiger partial charge is 0.497 e. The highest BCUT2D eigenvalue weighted by Crippen LogP contribution is 2.16. The number of ether oxygens (including phenoxy) is 1. The number of benzene rings is 1. The predicted octanol–water partition coefficient (Wildman–Crippen LogP) is 2.32. The Hall–Kier alpha value is -2.43. The number of rotatable bonds is 5. The highest BCUT2D eigenvalue weighted by Gasteiger charge is 2.12. The first-order valence-corrected chi connectivity index (χ1v) is 6.67. The lowest BCUT2D eigenvalue weighted by Gasteiger charge is -2.09. The highest BCUT2D eigenvalue weighted by atomic mass is 16.5. The summed E-state index contributed by atoms with van der Waals surface area (Å²) in [4.78, 5) is 19.7. The summed E-state index contributed by atoms with van der Waals surface area (Å²) in [5.74, 6) is 0.640. The van der Waals surface area contributed by atoms with Crippen molar-refractivity contribution in [2.45, 2.75) is 26.7 Å². The zero-order valence-corrected chi connectivity index (χ0v) is 12.4. The number of hydrogen-bond donors (Lipinski definition) is 1. The van der Waals surface area contributed by atoms with Crippen LogP contribution in [0.25, 0.3) is 0 Å². The Balaban J connectivity index is 2.22. The van der Waals surface area contributed by atoms with Crippen LogP contribution in [-0.4, -0.2) is 28.2 Å². The monoisotopic (exact) mass is 286 g/mol. The minimum atomic E-state index is -0.868. The van der Waals surface area contributed by atoms with Crippen LogP contribution in [0.3, 0.4) is 0 Å². The van der Waals surface area contributed by atoms with E-state index in [2.05, 4.69) is 9.97 Å². The maximum atomic E-state index is 10.8. The quantitative estimate of drug-likeness (QED) is 0.913. The third-order valence-corrected chi connectivity index (χ3v) is 3.32. The highest BCUT2D eigenvalue weighted by molar-refractivity contribution is 5.70. The van der Waals surface area contributed by atoms with E-state index in [0.717, 1.165) is 22.7 Å². The first kappa shape index (κ1) is 15.0. The molecule has 1 N–H and O–H groups in total. The fourth-order valence-electron chi connectivity index (χ4n) is 2.22. The van der Waals surface area contributed by atoms with E-state index in [1.807, 2.05) is 38.1 Å². The first-order chi connectivity index (χ1) is 9.99. The van der Waals surface area contributed by atoms with Crippen molar-refractivity contribution < 1.29 is 14.6 Å². The van der Waals surface area contributed by atoms with Gasteiger partial charge in [-0.2, -0.15) is 0 Å². The molecule has 2 aromatic rings. The van der Waals surface area contributed by atoms with Crippen LogP contribution in [0.4, 0.5) is 0 Å². The van der Waals surface area contributed by atoms with Crippen molar-refractivity contribution in [3.63, 3.8) is 0 Å². The van der Waals surface area contributed by atoms with E-state index in [-0.39, 0.29) is 6.42 Å². The van der Waals surface area contributed by atoms with Crippen LogP contribution in [0, 0.1) is 13.8 Å². The first-order valence-electron chi connectivity index (χ1n) is 6.67. The lowest BCUT2D eigenvalue weighted by atomic mass is 10.1. The molecule has 0 spiro atoms. The van der Waals surface area contributed by atoms with Crippen LogP contribution >= 0.6 is 0 Å². The Morgan fingerprint density at radius 3 is 2.19 bits per heavy atom. The van der Waals surface area contributed by atoms with Crippen molar-refractivity contribution in [2.75, 3.05) is 7.11 Å². The summed E-state index contributed by atoms with van der Waals surface area (Å²) < 4.78 is 5.12. The second kappa shape index (κ2) is 6.35. The Kier molecular flexibility index (Phi) is 4.52. The molecule has 2 rings (SSSR count). The Morgan fingerprint density at radius 2 is 1.71 bits per heavy atom. The van der Waals surface area contributed by atoms with E-state index >= 15 is 0 Å². The van der Waals surface area contributed by atoms with Crippen molar-refractivity contribution in [2.24, 2.45) is 0 Å². The van der Waals surface area contributed by atoms with Gasteiger partial charge in [-0.05, 0) is 31.5 Å². The Labute approximate surface area is 123 Å². The van der Waals surface area contributed by atoms with Gasteiger partial charge in [-0.15, -0.1) is 0 Å². The van der Waals surface area contributed by atoms with Gasteiger partial charge in [0.1, 0.15) is 11.6 Å². The van der Waals surface area contributed by atoms with Gasteiger partial charge in [0.25, 0.3) is 0 Å². The van der Waals surface area contributed by atoms with Gasteiger partial charge in [-0.3, -0.25) is 4.79 Å². The van der Waals surface area contributed by atoms with Crippen LogP contribution < -0.4 is 4.74 Å². The molecule has 0 atom stereocenters. The number of methoxy groups -OCH3 is 1. The maximum Gasteiger partial charge on any atom is 0.307 e. The Bertz CT molecular complexity index is 628. The summed E-state index contributed by atoms with van der Waals surface area (Å²) in [6.45, 7) is 3.65. The van der Waals surface area contributed by atoms with Gasteiger partial charge in [0.05, 0.1) is 13.5 Å². The summed E-state index contributed by atoms with van der Waals surface area (Å²) in [7, 11) is 1.63. The molecule has 0 amide bonds. The molecular formula is C16H18N2O3. The second-order valence-electron chi connectivity index (χ2n) is 4.88. The van der Waals surface area contributed by atoms with Crippen molar-refractivity contribution in [3.05, 3.63) is 52.6 Å². The van der Waals surface area contributed by atoms with E-state index < -0.39 is 5.97 Å². The topological polar surface area (TPSA) is 72.3 Å². The molecule has 0 bridgehead atoms. The molecule has 1 heterocycles. The van der Waals surface area contributed by atoms with Gasteiger partial charge < -0.3 is 9.84 Å². The fourth-order valence-corrected chi connectivity index (χ4v) is 2.22. The third-order valence-electron chi connectivity index (χ3n) is 3.32. The normalized spacial score (nSPS) is 10.4. The molecule has 1 aromatic heterocycles. The van der Waals surface area contributed by atoms with Gasteiger partial charge in [-0.1, -0.05) is 12.1 Å². The third kappa shape index (κ3) is 3.78. The molecule has 0 aliphatic carbocycles. The van der Waals surface area contributed by atoms with E-state index in [4.69, 9.17) is 9.84 Å². The molecule has 110 valence electrons. The number of nitrogens with zero attached hydrogens (tertiary/aromatic N) is 2. The molecule has 0 unspecified atom stereocenters. The minimum Gasteiger partial charge on any atom is -0.497 e. The summed E-state index contributed by atoms with van der Waals surface area (Å²) in [6, 6.07) is 7.73. The number of aromatic nitrogens is 2. The fraction of sp³-hybridized carbons (Fsp3) is 0.312. The summed E-state index contributed by atoms with van der Waals surface area (Å²) in [5, 5.41) is 8.90. The minimum absolute atomic E-state index is 0.0412. The number of aryl methyl sites for hydroxylation is 2. The van der Waals surface area contributed by atoms with Gasteiger partial charge in [0.15, 0.2) is 0 Å². The molecule has 0 radical (unpaired) electrons. The average molecular weight is 286 g/mol. The van der Waals surface area contributed by atoms with E-state index in [1.165, 1.54) is 0 Å². The molecule has 0 saturated heterocycles. The molecule has 5 heteroatoms. The zero-order valence-electron chi connectivity index (χ0n) is 12.4. The summed E-state index contributed by atoms with van der Waals surface area (Å²) in [6.07, 6.45) is 0.569. The molecular weight excluding hydrogens is 268 g/mol. The van der Waals surface area contributed by atoms with Crippen LogP contribution in [0.5, 0.6) is 5.75 Å². The van der Waals surface area contributed by atoms with Crippen molar-refractivity contribution in [3.8, 4) is 5.75 Å². The molecule has 21 heavy (non-hydrogen) atoms. The lowest BCUT2D eigenvalue weighted by molar-refractivity contribution is -0.136. The van der Waals surface area contributed by atoms with Crippen molar-refractivity contribution in [1.82, 2.24) is 9.97 Å². The van der Waals surface area contributed by atoms with Crippen LogP contribution in [0.1, 0.15) is 28.3 Å². The van der Waals surface area contributed by atoms with Crippen molar-refractivity contribution >= 4 is 5.97 Å². The number of carboxylic acid groups (broad SMARTS) is 1. The van der Waals surface area contributed by atoms with Gasteiger partial charge in [0.2, 0.25) is 0 Å². The zero-order chi connectivity index (χ0) is 15.4. The number of carboxylic acids is 1. The molecule has 0 fully saturated rings. The molecule has 0 saturated carbocycles. The van der Waals surface area contributed by atoms with Crippen LogP contribution in [0.15, 0.2) is 24.3 Å². The molecule has 1 aromatic carbocycles. The van der Waals surface area contributed by atoms with E-state index in [9.17, 15) is 4.79 Å². The molecule has 5 nitrogen and oxygen atoms in total. The maximum absolute atomic E-state index is 10.8. The Morgan fingerprint density at radius 1 is 1.14 bits per heavy atom. The summed E-state index contributed by atoms with van der Waals surface area (Å²) >= 11 is 0. The number of aliphatic carboxylic acids is 1. The lowest BCUT2D eigenvalue weighted by Crippen LogP contribution is -2.10. The molecule has 0 aliphatic heterocycles. The van der Waals surface area contributed by atoms with Gasteiger partial charge >= 0.3 is 5.97 Å². The van der Waals surface area contributed by atoms with Gasteiger partial charge in [0, 0.05) is 23.4 Å². The van der Waals surface area contributed by atoms with Crippen LogP contribution in [0.2, 0.25) is 0 Å². The molecule has 0 aliphatic rings. The standard InChI is InChI=1S/C16H18N2O3/c1-10-14(9-16(19)20)11(2)18-15(17-10)8-12-4-6-13(21-3)7-5-12/h4-7H,8-9H2,1-3H3,(H,19,20). The van der Waals surface area contributed by atoms with Gasteiger partial charge in [-0.25, -0.2) is 9.97 Å². The number of hydrogen-bond acceptors (Lipinski definition) is 4. The van der Waals surface area contributed by atoms with E-state index in [0.29, 0.717) is 17.8 Å². The summed E-state index contributed by atoms with van der Waals surface area (Å²) in [5.41, 5.74) is 3.24. The number of carbonyl (C=O) groups is 1. The average Bonchev–Trinajstić information content (AvgIpc) is 2.43. The van der Waals surface area contributed by atoms with Crippen LogP contribution in [-0.2, 0) is 17.6 Å². The predicted molar refractivity (Wildman–Crippen MR) is 78.6 cm³/mol. The van der Waals surface area contributed by atoms with E-state index in [1.54, 1.807) is 7.11 Å². The smallest absolute Gasteiger partial charge is 0.307 e. The second-order valence-corrected chi connectivity index (χ2v) is 4.88. The SMILES string of the molecule is COc1ccc(Cc2nc(C)c(CC(=O)O)c(C)n2)cc1.